The lowest BCUT2D eigenvalue weighted by Crippen LogP contribution is -2.39. The Bertz CT molecular complexity index is 646. The average molecular weight is 331 g/mol. The zero-order valence-corrected chi connectivity index (χ0v) is 13.9. The number of anilines is 2. The number of morpholine rings is 1. The van der Waals surface area contributed by atoms with Crippen molar-refractivity contribution in [1.29, 1.82) is 0 Å². The van der Waals surface area contributed by atoms with E-state index in [4.69, 9.17) is 9.84 Å². The maximum absolute atomic E-state index is 8.90. The Balaban J connectivity index is 1.67. The number of aromatic nitrogens is 2. The van der Waals surface area contributed by atoms with Gasteiger partial charge in [0.15, 0.2) is 0 Å². The van der Waals surface area contributed by atoms with Gasteiger partial charge in [-0.15, -0.1) is 0 Å². The van der Waals surface area contributed by atoms with Crippen LogP contribution in [0.5, 0.6) is 0 Å². The molecule has 1 aliphatic rings. The van der Waals surface area contributed by atoms with Crippen molar-refractivity contribution in [2.24, 2.45) is 0 Å². The van der Waals surface area contributed by atoms with Gasteiger partial charge in [-0.2, -0.15) is 4.98 Å². The van der Waals surface area contributed by atoms with Crippen LogP contribution in [0.4, 0.5) is 11.8 Å². The van der Waals surface area contributed by atoms with Gasteiger partial charge in [0.2, 0.25) is 5.95 Å². The smallest absolute Gasteiger partial charge is 0.225 e. The molecule has 2 aromatic rings. The molecular weight excluding hydrogens is 306 g/mol. The van der Waals surface area contributed by atoms with Crippen LogP contribution in [0.25, 0.3) is 10.9 Å². The third-order valence-corrected chi connectivity index (χ3v) is 4.05. The first-order valence-corrected chi connectivity index (χ1v) is 8.52. The number of para-hydroxylation sites is 1. The molecule has 3 rings (SSSR count). The first kappa shape index (κ1) is 16.9. The number of rotatable bonds is 8. The number of aliphatic hydroxyl groups is 1. The fraction of sp³-hybridized carbons (Fsp3) is 0.529. The van der Waals surface area contributed by atoms with Crippen molar-refractivity contribution in [3.63, 3.8) is 0 Å². The van der Waals surface area contributed by atoms with Crippen LogP contribution in [-0.4, -0.2) is 72.5 Å². The Hall–Kier alpha value is -1.96. The van der Waals surface area contributed by atoms with E-state index in [0.717, 1.165) is 56.1 Å². The maximum Gasteiger partial charge on any atom is 0.225 e. The molecule has 1 saturated heterocycles. The standard InChI is InChI=1S/C17H25N5O2/c23-11-3-6-19-17-20-15-5-2-1-4-14(15)16(21-17)18-7-8-22-9-12-24-13-10-22/h1-2,4-5,23H,3,6-13H2,(H2,18,19,20,21). The molecule has 0 unspecified atom stereocenters. The van der Waals surface area contributed by atoms with Gasteiger partial charge < -0.3 is 20.5 Å². The second kappa shape index (κ2) is 8.77. The predicted octanol–water partition coefficient (Wildman–Crippen LogP) is 1.17. The zero-order valence-electron chi connectivity index (χ0n) is 13.9. The predicted molar refractivity (Wildman–Crippen MR) is 95.5 cm³/mol. The molecule has 0 saturated carbocycles. The molecule has 0 aliphatic carbocycles. The molecule has 1 fully saturated rings. The number of nitrogens with zero attached hydrogens (tertiary/aromatic N) is 3. The van der Waals surface area contributed by atoms with Gasteiger partial charge in [0, 0.05) is 44.7 Å². The van der Waals surface area contributed by atoms with E-state index < -0.39 is 0 Å². The lowest BCUT2D eigenvalue weighted by atomic mass is 10.2. The molecule has 1 aromatic carbocycles. The summed E-state index contributed by atoms with van der Waals surface area (Å²) in [5.41, 5.74) is 0.910. The minimum atomic E-state index is 0.158. The van der Waals surface area contributed by atoms with Gasteiger partial charge in [0.25, 0.3) is 0 Å². The molecule has 0 bridgehead atoms. The number of benzene rings is 1. The number of aliphatic hydroxyl groups excluding tert-OH is 1. The van der Waals surface area contributed by atoms with E-state index in [0.29, 0.717) is 18.9 Å². The lowest BCUT2D eigenvalue weighted by molar-refractivity contribution is 0.0398. The molecule has 1 aliphatic heterocycles. The summed E-state index contributed by atoms with van der Waals surface area (Å²) in [6.45, 7) is 6.21. The molecule has 24 heavy (non-hydrogen) atoms. The Labute approximate surface area is 142 Å². The van der Waals surface area contributed by atoms with Crippen LogP contribution in [0.3, 0.4) is 0 Å². The van der Waals surface area contributed by atoms with E-state index in [1.807, 2.05) is 24.3 Å². The Morgan fingerprint density at radius 2 is 1.92 bits per heavy atom. The molecule has 0 atom stereocenters. The van der Waals surface area contributed by atoms with Crippen molar-refractivity contribution in [3.8, 4) is 0 Å². The highest BCUT2D eigenvalue weighted by atomic mass is 16.5. The summed E-state index contributed by atoms with van der Waals surface area (Å²) in [6, 6.07) is 7.99. The summed E-state index contributed by atoms with van der Waals surface area (Å²) in [6.07, 6.45) is 0.677. The van der Waals surface area contributed by atoms with E-state index in [9.17, 15) is 0 Å². The van der Waals surface area contributed by atoms with E-state index >= 15 is 0 Å². The van der Waals surface area contributed by atoms with E-state index in [-0.39, 0.29) is 6.61 Å². The highest BCUT2D eigenvalue weighted by Crippen LogP contribution is 2.21. The highest BCUT2D eigenvalue weighted by Gasteiger charge is 2.11. The number of fused-ring (bicyclic) bond motifs is 1. The third kappa shape index (κ3) is 4.53. The third-order valence-electron chi connectivity index (χ3n) is 4.05. The van der Waals surface area contributed by atoms with Gasteiger partial charge in [-0.05, 0) is 18.6 Å². The van der Waals surface area contributed by atoms with Crippen LogP contribution in [0.15, 0.2) is 24.3 Å². The Kier molecular flexibility index (Phi) is 6.17. The van der Waals surface area contributed by atoms with Gasteiger partial charge in [-0.3, -0.25) is 4.90 Å². The summed E-state index contributed by atoms with van der Waals surface area (Å²) >= 11 is 0. The minimum absolute atomic E-state index is 0.158. The fourth-order valence-electron chi connectivity index (χ4n) is 2.73. The molecule has 3 N–H and O–H groups in total. The molecule has 7 heteroatoms. The highest BCUT2D eigenvalue weighted by molar-refractivity contribution is 5.89. The van der Waals surface area contributed by atoms with Crippen LogP contribution in [0, 0.1) is 0 Å². The number of hydrogen-bond acceptors (Lipinski definition) is 7. The Morgan fingerprint density at radius 3 is 2.75 bits per heavy atom. The van der Waals surface area contributed by atoms with Gasteiger partial charge in [-0.25, -0.2) is 4.98 Å². The monoisotopic (exact) mass is 331 g/mol. The summed E-state index contributed by atoms with van der Waals surface area (Å²) in [7, 11) is 0. The average Bonchev–Trinajstić information content (AvgIpc) is 2.63. The molecule has 7 nitrogen and oxygen atoms in total. The van der Waals surface area contributed by atoms with Crippen LogP contribution in [0.1, 0.15) is 6.42 Å². The van der Waals surface area contributed by atoms with Gasteiger partial charge >= 0.3 is 0 Å². The summed E-state index contributed by atoms with van der Waals surface area (Å²) in [5, 5.41) is 16.5. The van der Waals surface area contributed by atoms with Crippen LogP contribution in [-0.2, 0) is 4.74 Å². The van der Waals surface area contributed by atoms with Crippen molar-refractivity contribution in [2.75, 3.05) is 63.2 Å². The number of hydrogen-bond donors (Lipinski definition) is 3. The van der Waals surface area contributed by atoms with Gasteiger partial charge in [0.1, 0.15) is 5.82 Å². The quantitative estimate of drug-likeness (QED) is 0.626. The molecule has 1 aromatic heterocycles. The largest absolute Gasteiger partial charge is 0.396 e. The maximum atomic E-state index is 8.90. The number of nitrogens with one attached hydrogen (secondary N) is 2. The molecule has 0 spiro atoms. The van der Waals surface area contributed by atoms with Crippen molar-refractivity contribution in [1.82, 2.24) is 14.9 Å². The van der Waals surface area contributed by atoms with E-state index in [2.05, 4.69) is 25.5 Å². The minimum Gasteiger partial charge on any atom is -0.396 e. The second-order valence-electron chi connectivity index (χ2n) is 5.80. The van der Waals surface area contributed by atoms with E-state index in [1.54, 1.807) is 0 Å². The normalized spacial score (nSPS) is 15.5. The summed E-state index contributed by atoms with van der Waals surface area (Å²) in [4.78, 5) is 11.5. The molecular formula is C17H25N5O2. The van der Waals surface area contributed by atoms with Crippen molar-refractivity contribution in [3.05, 3.63) is 24.3 Å². The van der Waals surface area contributed by atoms with Crippen LogP contribution < -0.4 is 10.6 Å². The molecule has 0 amide bonds. The van der Waals surface area contributed by atoms with Crippen molar-refractivity contribution in [2.45, 2.75) is 6.42 Å². The van der Waals surface area contributed by atoms with Crippen molar-refractivity contribution < 1.29 is 9.84 Å². The van der Waals surface area contributed by atoms with Crippen LogP contribution in [0.2, 0.25) is 0 Å². The first-order chi connectivity index (χ1) is 11.9. The molecule has 0 radical (unpaired) electrons. The SMILES string of the molecule is OCCCNc1nc(NCCN2CCOCC2)c2ccccc2n1. The molecule has 2 heterocycles. The second-order valence-corrected chi connectivity index (χ2v) is 5.80. The van der Waals surface area contributed by atoms with Gasteiger partial charge in [-0.1, -0.05) is 12.1 Å². The number of ether oxygens (including phenoxy) is 1. The van der Waals surface area contributed by atoms with Crippen LogP contribution >= 0.6 is 0 Å². The van der Waals surface area contributed by atoms with E-state index in [1.165, 1.54) is 0 Å². The molecule has 130 valence electrons. The topological polar surface area (TPSA) is 82.5 Å². The first-order valence-electron chi connectivity index (χ1n) is 8.52. The zero-order chi connectivity index (χ0) is 16.6. The van der Waals surface area contributed by atoms with Gasteiger partial charge in [0.05, 0.1) is 18.7 Å². The Morgan fingerprint density at radius 1 is 1.08 bits per heavy atom. The summed E-state index contributed by atoms with van der Waals surface area (Å²) in [5.74, 6) is 1.44. The lowest BCUT2D eigenvalue weighted by Gasteiger charge is -2.26. The fourth-order valence-corrected chi connectivity index (χ4v) is 2.73. The van der Waals surface area contributed by atoms with Crippen molar-refractivity contribution >= 4 is 22.7 Å². The summed E-state index contributed by atoms with van der Waals surface area (Å²) < 4.78 is 5.38.